The maximum Gasteiger partial charge on any atom is 0.242 e. The third kappa shape index (κ3) is 4.81. The summed E-state index contributed by atoms with van der Waals surface area (Å²) in [7, 11) is -3.53. The lowest BCUT2D eigenvalue weighted by atomic mass is 10.1. The van der Waals surface area contributed by atoms with E-state index in [1.165, 1.54) is 31.3 Å². The second-order valence-corrected chi connectivity index (χ2v) is 6.95. The highest BCUT2D eigenvalue weighted by molar-refractivity contribution is 7.89. The predicted octanol–water partition coefficient (Wildman–Crippen LogP) is 1.28. The summed E-state index contributed by atoms with van der Waals surface area (Å²) >= 11 is 0. The molecule has 0 spiro atoms. The van der Waals surface area contributed by atoms with Gasteiger partial charge in [-0.15, -0.1) is 0 Å². The number of aromatic nitrogens is 1. The van der Waals surface area contributed by atoms with E-state index in [2.05, 4.69) is 21.5 Å². The normalized spacial score (nSPS) is 15.7. The number of nitrogens with zero attached hydrogens (tertiary/aromatic N) is 1. The Morgan fingerprint density at radius 3 is 2.81 bits per heavy atom. The van der Waals surface area contributed by atoms with Crippen LogP contribution < -0.4 is 4.72 Å². The molecule has 114 valence electrons. The molecule has 0 aromatic carbocycles. The molecule has 0 unspecified atom stereocenters. The van der Waals surface area contributed by atoms with E-state index in [9.17, 15) is 8.42 Å². The highest BCUT2D eigenvalue weighted by atomic mass is 32.2. The van der Waals surface area contributed by atoms with Gasteiger partial charge >= 0.3 is 0 Å². The average Bonchev–Trinajstić information content (AvgIpc) is 2.99. The number of hydrogen-bond acceptors (Lipinski definition) is 4. The third-order valence-electron chi connectivity index (χ3n) is 3.53. The van der Waals surface area contributed by atoms with Gasteiger partial charge in [-0.3, -0.25) is 4.98 Å². The summed E-state index contributed by atoms with van der Waals surface area (Å²) in [5.74, 6) is 5.99. The minimum atomic E-state index is -3.53. The first-order valence-corrected chi connectivity index (χ1v) is 8.64. The minimum absolute atomic E-state index is 0.0125. The number of sulfonamides is 1. The molecule has 1 heterocycles. The van der Waals surface area contributed by atoms with Gasteiger partial charge in [0.15, 0.2) is 0 Å². The van der Waals surface area contributed by atoms with E-state index in [4.69, 9.17) is 5.11 Å². The molecule has 6 heteroatoms. The Labute approximate surface area is 125 Å². The van der Waals surface area contributed by atoms with Crippen molar-refractivity contribution in [1.82, 2.24) is 9.71 Å². The van der Waals surface area contributed by atoms with Crippen LogP contribution in [0.15, 0.2) is 23.4 Å². The number of aliphatic hydroxyl groups excluding tert-OH is 1. The molecule has 0 bridgehead atoms. The minimum Gasteiger partial charge on any atom is -0.395 e. The zero-order valence-corrected chi connectivity index (χ0v) is 12.7. The molecule has 1 aliphatic carbocycles. The molecule has 1 fully saturated rings. The third-order valence-corrected chi connectivity index (χ3v) is 4.92. The Morgan fingerprint density at radius 2 is 2.10 bits per heavy atom. The van der Waals surface area contributed by atoms with Gasteiger partial charge in [0.25, 0.3) is 0 Å². The molecule has 0 atom stereocenters. The summed E-state index contributed by atoms with van der Waals surface area (Å²) in [5, 5.41) is 8.68. The van der Waals surface area contributed by atoms with E-state index < -0.39 is 10.0 Å². The summed E-state index contributed by atoms with van der Waals surface area (Å²) in [6.45, 7) is 0.476. The van der Waals surface area contributed by atoms with Crippen LogP contribution in [0.25, 0.3) is 0 Å². The predicted molar refractivity (Wildman–Crippen MR) is 80.0 cm³/mol. The van der Waals surface area contributed by atoms with E-state index in [1.54, 1.807) is 0 Å². The summed E-state index contributed by atoms with van der Waals surface area (Å²) in [4.78, 5) is 4.06. The molecule has 0 amide bonds. The van der Waals surface area contributed by atoms with Crippen LogP contribution in [-0.2, 0) is 10.0 Å². The molecule has 0 saturated heterocycles. The topological polar surface area (TPSA) is 79.3 Å². The number of pyridine rings is 1. The van der Waals surface area contributed by atoms with E-state index in [-0.39, 0.29) is 11.5 Å². The van der Waals surface area contributed by atoms with Crippen molar-refractivity contribution in [2.75, 3.05) is 13.2 Å². The van der Waals surface area contributed by atoms with E-state index in [0.717, 1.165) is 12.8 Å². The first-order valence-electron chi connectivity index (χ1n) is 7.16. The molecular formula is C15H20N2O3S. The van der Waals surface area contributed by atoms with Crippen LogP contribution in [0.4, 0.5) is 0 Å². The van der Waals surface area contributed by atoms with Gasteiger partial charge in [-0.1, -0.05) is 24.7 Å². The van der Waals surface area contributed by atoms with Gasteiger partial charge in [0.2, 0.25) is 10.0 Å². The fourth-order valence-electron chi connectivity index (χ4n) is 2.38. The smallest absolute Gasteiger partial charge is 0.242 e. The highest BCUT2D eigenvalue weighted by Crippen LogP contribution is 2.24. The van der Waals surface area contributed by atoms with Crippen molar-refractivity contribution >= 4 is 10.0 Å². The Morgan fingerprint density at radius 1 is 1.33 bits per heavy atom. The van der Waals surface area contributed by atoms with Crippen LogP contribution >= 0.6 is 0 Å². The van der Waals surface area contributed by atoms with Crippen LogP contribution in [0, 0.1) is 17.8 Å². The second-order valence-electron chi connectivity index (χ2n) is 5.19. The summed E-state index contributed by atoms with van der Waals surface area (Å²) < 4.78 is 27.1. The van der Waals surface area contributed by atoms with Gasteiger partial charge in [0.1, 0.15) is 4.90 Å². The fourth-order valence-corrected chi connectivity index (χ4v) is 3.48. The molecule has 2 rings (SSSR count). The van der Waals surface area contributed by atoms with Gasteiger partial charge in [0.05, 0.1) is 6.61 Å². The highest BCUT2D eigenvalue weighted by Gasteiger charge is 2.20. The summed E-state index contributed by atoms with van der Waals surface area (Å²) in [5.41, 5.74) is 0.534. The van der Waals surface area contributed by atoms with Gasteiger partial charge in [-0.25, -0.2) is 13.1 Å². The fraction of sp³-hybridized carbons (Fsp3) is 0.533. The molecule has 1 aromatic rings. The van der Waals surface area contributed by atoms with Gasteiger partial charge < -0.3 is 5.11 Å². The van der Waals surface area contributed by atoms with Crippen molar-refractivity contribution in [2.24, 2.45) is 5.92 Å². The Balaban J connectivity index is 2.05. The van der Waals surface area contributed by atoms with Gasteiger partial charge in [0, 0.05) is 30.9 Å². The molecule has 2 N–H and O–H groups in total. The average molecular weight is 308 g/mol. The second kappa shape index (κ2) is 7.55. The monoisotopic (exact) mass is 308 g/mol. The van der Waals surface area contributed by atoms with Crippen molar-refractivity contribution in [3.8, 4) is 11.8 Å². The van der Waals surface area contributed by atoms with E-state index in [1.807, 2.05) is 0 Å². The maximum atomic E-state index is 12.2. The van der Waals surface area contributed by atoms with E-state index in [0.29, 0.717) is 24.4 Å². The van der Waals surface area contributed by atoms with Gasteiger partial charge in [-0.2, -0.15) is 0 Å². The number of aliphatic hydroxyl groups is 1. The molecule has 21 heavy (non-hydrogen) atoms. The number of rotatable bonds is 5. The summed E-state index contributed by atoms with van der Waals surface area (Å²) in [6.07, 6.45) is 7.75. The van der Waals surface area contributed by atoms with Crippen LogP contribution in [0.1, 0.15) is 37.7 Å². The van der Waals surface area contributed by atoms with Crippen LogP contribution in [-0.4, -0.2) is 31.7 Å². The molecule has 1 aliphatic rings. The SMILES string of the molecule is O=S(=O)(NCC1CCCC1)c1cncc(C#CCCO)c1. The number of hydrogen-bond donors (Lipinski definition) is 2. The molecule has 1 aromatic heterocycles. The first kappa shape index (κ1) is 16.0. The van der Waals surface area contributed by atoms with Crippen molar-refractivity contribution in [3.63, 3.8) is 0 Å². The summed E-state index contributed by atoms with van der Waals surface area (Å²) in [6, 6.07) is 1.51. The Bertz CT molecular complexity index is 626. The standard InChI is InChI=1S/C15H20N2O3S/c18-8-4-3-7-14-9-15(12-16-10-14)21(19,20)17-11-13-5-1-2-6-13/h9-10,12-13,17-18H,1-2,4-6,8,11H2. The lowest BCUT2D eigenvalue weighted by Gasteiger charge is -2.11. The van der Waals surface area contributed by atoms with Crippen LogP contribution in [0.3, 0.4) is 0 Å². The number of nitrogens with one attached hydrogen (secondary N) is 1. The molecule has 0 aliphatic heterocycles. The Hall–Kier alpha value is -1.42. The largest absolute Gasteiger partial charge is 0.395 e. The van der Waals surface area contributed by atoms with Crippen molar-refractivity contribution in [1.29, 1.82) is 0 Å². The maximum absolute atomic E-state index is 12.2. The lowest BCUT2D eigenvalue weighted by Crippen LogP contribution is -2.28. The van der Waals surface area contributed by atoms with Crippen LogP contribution in [0.2, 0.25) is 0 Å². The first-order chi connectivity index (χ1) is 10.1. The molecule has 0 radical (unpaired) electrons. The quantitative estimate of drug-likeness (QED) is 0.803. The van der Waals surface area contributed by atoms with Crippen molar-refractivity contribution < 1.29 is 13.5 Å². The molecular weight excluding hydrogens is 288 g/mol. The zero-order chi connectivity index (χ0) is 15.1. The Kier molecular flexibility index (Phi) is 5.74. The molecule has 1 saturated carbocycles. The molecule has 5 nitrogen and oxygen atoms in total. The lowest BCUT2D eigenvalue weighted by molar-refractivity contribution is 0.305. The van der Waals surface area contributed by atoms with Gasteiger partial charge in [-0.05, 0) is 24.8 Å². The van der Waals surface area contributed by atoms with Crippen molar-refractivity contribution in [2.45, 2.75) is 37.0 Å². The van der Waals surface area contributed by atoms with Crippen LogP contribution in [0.5, 0.6) is 0 Å². The van der Waals surface area contributed by atoms with E-state index >= 15 is 0 Å². The van der Waals surface area contributed by atoms with Crippen molar-refractivity contribution in [3.05, 3.63) is 24.0 Å². The zero-order valence-electron chi connectivity index (χ0n) is 11.9.